The lowest BCUT2D eigenvalue weighted by Gasteiger charge is -2.16. The van der Waals surface area contributed by atoms with E-state index in [1.54, 1.807) is 24.1 Å². The highest BCUT2D eigenvalue weighted by atomic mass is 79.9. The summed E-state index contributed by atoms with van der Waals surface area (Å²) in [5.41, 5.74) is 7.77. The molecule has 0 aliphatic heterocycles. The third-order valence-electron chi connectivity index (χ3n) is 3.74. The van der Waals surface area contributed by atoms with Gasteiger partial charge in [0.05, 0.1) is 13.1 Å². The second-order valence-electron chi connectivity index (χ2n) is 6.17. The fourth-order valence-corrected chi connectivity index (χ4v) is 2.90. The van der Waals surface area contributed by atoms with Gasteiger partial charge in [0.25, 0.3) is 0 Å². The van der Waals surface area contributed by atoms with Crippen molar-refractivity contribution in [2.75, 3.05) is 30.8 Å². The van der Waals surface area contributed by atoms with Gasteiger partial charge in [0.15, 0.2) is 0 Å². The third-order valence-corrected chi connectivity index (χ3v) is 4.24. The number of halogens is 1. The first-order chi connectivity index (χ1) is 12.7. The summed E-state index contributed by atoms with van der Waals surface area (Å²) in [4.78, 5) is 36.9. The van der Waals surface area contributed by atoms with Crippen molar-refractivity contribution in [1.82, 2.24) is 4.90 Å². The van der Waals surface area contributed by atoms with E-state index in [1.807, 2.05) is 25.1 Å². The van der Waals surface area contributed by atoms with Crippen LogP contribution in [0.4, 0.5) is 11.4 Å². The Labute approximate surface area is 166 Å². The summed E-state index contributed by atoms with van der Waals surface area (Å²) in [7, 11) is 1.68. The van der Waals surface area contributed by atoms with Crippen LogP contribution in [0.1, 0.15) is 15.9 Å². The van der Waals surface area contributed by atoms with Crippen molar-refractivity contribution >= 4 is 45.0 Å². The first kappa shape index (κ1) is 20.6. The molecule has 3 amide bonds. The second-order valence-corrected chi connectivity index (χ2v) is 7.09. The van der Waals surface area contributed by atoms with Gasteiger partial charge in [-0.1, -0.05) is 15.9 Å². The number of likely N-dealkylation sites (N-methyl/N-ethyl adjacent to an activating group) is 1. The Morgan fingerprint density at radius 3 is 2.15 bits per heavy atom. The first-order valence-corrected chi connectivity index (χ1v) is 8.98. The zero-order valence-electron chi connectivity index (χ0n) is 15.1. The van der Waals surface area contributed by atoms with Crippen LogP contribution >= 0.6 is 15.9 Å². The van der Waals surface area contributed by atoms with Crippen LogP contribution in [0.2, 0.25) is 0 Å². The summed E-state index contributed by atoms with van der Waals surface area (Å²) in [5, 5.41) is 5.54. The average Bonchev–Trinajstić information content (AvgIpc) is 2.57. The molecule has 2 aromatic rings. The van der Waals surface area contributed by atoms with Crippen LogP contribution in [0.5, 0.6) is 0 Å². The number of carbonyl (C=O) groups is 3. The van der Waals surface area contributed by atoms with Crippen molar-refractivity contribution in [2.24, 2.45) is 5.73 Å². The van der Waals surface area contributed by atoms with Crippen molar-refractivity contribution in [3.8, 4) is 0 Å². The molecule has 0 bridgehead atoms. The molecule has 0 aliphatic carbocycles. The van der Waals surface area contributed by atoms with E-state index in [2.05, 4.69) is 26.6 Å². The van der Waals surface area contributed by atoms with E-state index in [-0.39, 0.29) is 24.9 Å². The highest BCUT2D eigenvalue weighted by molar-refractivity contribution is 9.10. The van der Waals surface area contributed by atoms with Gasteiger partial charge in [-0.05, 0) is 62.0 Å². The normalized spacial score (nSPS) is 10.5. The Hall–Kier alpha value is -2.71. The number of primary amides is 1. The molecule has 0 heterocycles. The maximum Gasteiger partial charge on any atom is 0.248 e. The van der Waals surface area contributed by atoms with Gasteiger partial charge in [0, 0.05) is 21.4 Å². The summed E-state index contributed by atoms with van der Waals surface area (Å²) < 4.78 is 0.940. The van der Waals surface area contributed by atoms with Crippen molar-refractivity contribution < 1.29 is 14.4 Å². The average molecular weight is 433 g/mol. The van der Waals surface area contributed by atoms with E-state index in [4.69, 9.17) is 5.73 Å². The summed E-state index contributed by atoms with van der Waals surface area (Å²) in [5.74, 6) is -1.00. The van der Waals surface area contributed by atoms with Gasteiger partial charge >= 0.3 is 0 Å². The van der Waals surface area contributed by atoms with E-state index in [9.17, 15) is 14.4 Å². The van der Waals surface area contributed by atoms with Crippen LogP contribution in [-0.4, -0.2) is 42.8 Å². The number of hydrogen-bond donors (Lipinski definition) is 3. The number of nitrogens with two attached hydrogens (primary N) is 1. The number of nitrogens with zero attached hydrogens (tertiary/aromatic N) is 1. The Kier molecular flexibility index (Phi) is 7.09. The van der Waals surface area contributed by atoms with Crippen molar-refractivity contribution in [1.29, 1.82) is 0 Å². The molecule has 0 fully saturated rings. The number of carbonyl (C=O) groups excluding carboxylic acids is 3. The van der Waals surface area contributed by atoms with Crippen molar-refractivity contribution in [3.05, 3.63) is 58.1 Å². The number of amides is 3. The smallest absolute Gasteiger partial charge is 0.248 e. The zero-order valence-corrected chi connectivity index (χ0v) is 16.7. The lowest BCUT2D eigenvalue weighted by atomic mass is 10.2. The molecule has 0 radical (unpaired) electrons. The molecule has 0 atom stereocenters. The van der Waals surface area contributed by atoms with Gasteiger partial charge in [0.2, 0.25) is 17.7 Å². The highest BCUT2D eigenvalue weighted by Gasteiger charge is 2.12. The van der Waals surface area contributed by atoms with Gasteiger partial charge in [-0.3, -0.25) is 19.3 Å². The second kappa shape index (κ2) is 9.29. The molecule has 7 nitrogen and oxygen atoms in total. The van der Waals surface area contributed by atoms with Crippen LogP contribution in [-0.2, 0) is 9.59 Å². The van der Waals surface area contributed by atoms with E-state index >= 15 is 0 Å². The summed E-state index contributed by atoms with van der Waals surface area (Å²) in [6.45, 7) is 2.02. The Morgan fingerprint density at radius 2 is 1.59 bits per heavy atom. The molecule has 0 spiro atoms. The standard InChI is InChI=1S/C19H21BrN4O3/c1-12-9-14(20)5-8-16(12)23-18(26)11-24(2)10-17(25)22-15-6-3-13(4-7-15)19(21)27/h3-9H,10-11H2,1-2H3,(H2,21,27)(H,22,25)(H,23,26). The van der Waals surface area contributed by atoms with E-state index in [0.717, 1.165) is 15.7 Å². The molecule has 0 unspecified atom stereocenters. The van der Waals surface area contributed by atoms with E-state index in [0.29, 0.717) is 11.3 Å². The monoisotopic (exact) mass is 432 g/mol. The van der Waals surface area contributed by atoms with Crippen LogP contribution in [0, 0.1) is 6.92 Å². The molecule has 8 heteroatoms. The number of hydrogen-bond acceptors (Lipinski definition) is 4. The minimum atomic E-state index is -0.528. The molecule has 27 heavy (non-hydrogen) atoms. The summed E-state index contributed by atoms with van der Waals surface area (Å²) in [6, 6.07) is 11.9. The zero-order chi connectivity index (χ0) is 20.0. The minimum absolute atomic E-state index is 0.0459. The molecule has 0 saturated heterocycles. The SMILES string of the molecule is Cc1cc(Br)ccc1NC(=O)CN(C)CC(=O)Nc1ccc(C(N)=O)cc1. The topological polar surface area (TPSA) is 105 Å². The van der Waals surface area contributed by atoms with E-state index in [1.165, 1.54) is 12.1 Å². The Balaban J connectivity index is 1.83. The molecule has 0 aromatic heterocycles. The van der Waals surface area contributed by atoms with Gasteiger partial charge in [0.1, 0.15) is 0 Å². The van der Waals surface area contributed by atoms with Gasteiger partial charge in [-0.2, -0.15) is 0 Å². The first-order valence-electron chi connectivity index (χ1n) is 8.19. The van der Waals surface area contributed by atoms with Crippen LogP contribution in [0.25, 0.3) is 0 Å². The largest absolute Gasteiger partial charge is 0.366 e. The molecule has 4 N–H and O–H groups in total. The maximum absolute atomic E-state index is 12.2. The Bertz CT molecular complexity index is 853. The third kappa shape index (κ3) is 6.50. The van der Waals surface area contributed by atoms with Crippen LogP contribution in [0.15, 0.2) is 46.9 Å². The quantitative estimate of drug-likeness (QED) is 0.624. The molecule has 2 aromatic carbocycles. The van der Waals surface area contributed by atoms with E-state index < -0.39 is 5.91 Å². The number of rotatable bonds is 7. The fraction of sp³-hybridized carbons (Fsp3) is 0.211. The summed E-state index contributed by atoms with van der Waals surface area (Å²) in [6.07, 6.45) is 0. The molecule has 0 aliphatic rings. The summed E-state index contributed by atoms with van der Waals surface area (Å²) >= 11 is 3.38. The van der Waals surface area contributed by atoms with Gasteiger partial charge in [-0.15, -0.1) is 0 Å². The molecular weight excluding hydrogens is 412 g/mol. The van der Waals surface area contributed by atoms with Crippen molar-refractivity contribution in [3.63, 3.8) is 0 Å². The molecule has 0 saturated carbocycles. The minimum Gasteiger partial charge on any atom is -0.366 e. The van der Waals surface area contributed by atoms with Gasteiger partial charge in [-0.25, -0.2) is 0 Å². The maximum atomic E-state index is 12.2. The number of nitrogens with one attached hydrogen (secondary N) is 2. The van der Waals surface area contributed by atoms with Crippen LogP contribution < -0.4 is 16.4 Å². The highest BCUT2D eigenvalue weighted by Crippen LogP contribution is 2.19. The number of benzene rings is 2. The lowest BCUT2D eigenvalue weighted by molar-refractivity contribution is -0.119. The van der Waals surface area contributed by atoms with Crippen LogP contribution in [0.3, 0.4) is 0 Å². The number of anilines is 2. The molecule has 142 valence electrons. The predicted molar refractivity (Wildman–Crippen MR) is 109 cm³/mol. The number of aryl methyl sites for hydroxylation is 1. The predicted octanol–water partition coefficient (Wildman–Crippen LogP) is 2.37. The lowest BCUT2D eigenvalue weighted by Crippen LogP contribution is -2.36. The molecule has 2 rings (SSSR count). The Morgan fingerprint density at radius 1 is 1.00 bits per heavy atom. The molecular formula is C19H21BrN4O3. The van der Waals surface area contributed by atoms with Crippen molar-refractivity contribution in [2.45, 2.75) is 6.92 Å². The van der Waals surface area contributed by atoms with Gasteiger partial charge < -0.3 is 16.4 Å². The fourth-order valence-electron chi connectivity index (χ4n) is 2.42.